The van der Waals surface area contributed by atoms with E-state index in [1.54, 1.807) is 0 Å². The molecule has 1 aliphatic rings. The first-order valence-corrected chi connectivity index (χ1v) is 6.43. The van der Waals surface area contributed by atoms with Crippen molar-refractivity contribution in [3.05, 3.63) is 27.7 Å². The molecule has 1 aromatic rings. The van der Waals surface area contributed by atoms with Crippen LogP contribution in [-0.4, -0.2) is 12.6 Å². The van der Waals surface area contributed by atoms with Crippen LogP contribution in [0.3, 0.4) is 0 Å². The zero-order valence-corrected chi connectivity index (χ0v) is 11.3. The lowest BCUT2D eigenvalue weighted by Crippen LogP contribution is -2.29. The van der Waals surface area contributed by atoms with E-state index in [1.807, 2.05) is 6.92 Å². The van der Waals surface area contributed by atoms with Gasteiger partial charge in [-0.15, -0.1) is 0 Å². The zero-order chi connectivity index (χ0) is 12.6. The van der Waals surface area contributed by atoms with Crippen molar-refractivity contribution < 1.29 is 13.5 Å². The van der Waals surface area contributed by atoms with Crippen LogP contribution in [-0.2, 0) is 0 Å². The number of fused-ring (bicyclic) bond motifs is 1. The summed E-state index contributed by atoms with van der Waals surface area (Å²) in [4.78, 5) is 0. The van der Waals surface area contributed by atoms with Crippen molar-refractivity contribution in [3.8, 4) is 5.75 Å². The maximum Gasteiger partial charge on any atom is 0.201 e. The highest BCUT2D eigenvalue weighted by Crippen LogP contribution is 2.43. The third-order valence-electron chi connectivity index (χ3n) is 2.86. The van der Waals surface area contributed by atoms with E-state index in [0.717, 1.165) is 19.0 Å². The third-order valence-corrected chi connectivity index (χ3v) is 3.52. The Bertz CT molecular complexity index is 439. The van der Waals surface area contributed by atoms with Crippen LogP contribution < -0.4 is 10.1 Å². The van der Waals surface area contributed by atoms with Gasteiger partial charge < -0.3 is 10.1 Å². The molecule has 0 saturated carbocycles. The van der Waals surface area contributed by atoms with E-state index in [9.17, 15) is 8.78 Å². The normalized spacial score (nSPS) is 22.4. The summed E-state index contributed by atoms with van der Waals surface area (Å²) in [6, 6.07) is 1.05. The van der Waals surface area contributed by atoms with Gasteiger partial charge >= 0.3 is 0 Å². The highest BCUT2D eigenvalue weighted by atomic mass is 79.9. The van der Waals surface area contributed by atoms with Gasteiger partial charge in [0.05, 0.1) is 6.04 Å². The van der Waals surface area contributed by atoms with Crippen LogP contribution in [0.1, 0.15) is 31.9 Å². The Morgan fingerprint density at radius 2 is 2.18 bits per heavy atom. The first-order chi connectivity index (χ1) is 8.06. The van der Waals surface area contributed by atoms with E-state index < -0.39 is 11.6 Å². The summed E-state index contributed by atoms with van der Waals surface area (Å²) in [5, 5.41) is 3.28. The van der Waals surface area contributed by atoms with Crippen LogP contribution >= 0.6 is 15.9 Å². The van der Waals surface area contributed by atoms with Gasteiger partial charge in [-0.2, -0.15) is 4.39 Å². The molecule has 1 aromatic carbocycles. The lowest BCUT2D eigenvalue weighted by atomic mass is 10.0. The molecular formula is C12H14BrF2NO. The van der Waals surface area contributed by atoms with Crippen LogP contribution in [0.5, 0.6) is 5.75 Å². The molecule has 1 N–H and O–H groups in total. The number of nitrogens with one attached hydrogen (secondary N) is 1. The summed E-state index contributed by atoms with van der Waals surface area (Å²) in [6.45, 7) is 4.70. The minimum atomic E-state index is -0.907. The van der Waals surface area contributed by atoms with Crippen LogP contribution in [0.25, 0.3) is 0 Å². The highest BCUT2D eigenvalue weighted by Gasteiger charge is 2.36. The summed E-state index contributed by atoms with van der Waals surface area (Å²) < 4.78 is 32.8. The lowest BCUT2D eigenvalue weighted by molar-refractivity contribution is 0.202. The van der Waals surface area contributed by atoms with Gasteiger partial charge in [-0.1, -0.05) is 22.9 Å². The van der Waals surface area contributed by atoms with Gasteiger partial charge in [0.15, 0.2) is 11.6 Å². The van der Waals surface area contributed by atoms with Gasteiger partial charge in [-0.3, -0.25) is 0 Å². The van der Waals surface area contributed by atoms with Gasteiger partial charge in [0.2, 0.25) is 5.82 Å². The molecule has 0 amide bonds. The Hall–Kier alpha value is -0.680. The number of hydrogen-bond acceptors (Lipinski definition) is 2. The van der Waals surface area contributed by atoms with E-state index in [-0.39, 0.29) is 17.9 Å². The fraction of sp³-hybridized carbons (Fsp3) is 0.500. The number of ether oxygens (including phenoxy) is 1. The molecule has 0 aliphatic carbocycles. The summed E-state index contributed by atoms with van der Waals surface area (Å²) in [5.74, 6) is -1.77. The third kappa shape index (κ3) is 2.18. The number of halogens is 3. The SMILES string of the molecule is CCCNC1c2c(Br)cc(F)c(F)c2OC1C. The molecule has 0 radical (unpaired) electrons. The highest BCUT2D eigenvalue weighted by molar-refractivity contribution is 9.10. The standard InChI is InChI=1S/C12H14BrF2NO/c1-3-4-16-11-6(2)17-12-9(11)7(13)5-8(14)10(12)15/h5-6,11,16H,3-4H2,1-2H3. The zero-order valence-electron chi connectivity index (χ0n) is 9.69. The van der Waals surface area contributed by atoms with Gasteiger partial charge in [-0.25, -0.2) is 4.39 Å². The molecule has 2 rings (SSSR count). The Balaban J connectivity index is 2.42. The fourth-order valence-corrected chi connectivity index (χ4v) is 2.68. The second kappa shape index (κ2) is 4.90. The number of benzene rings is 1. The summed E-state index contributed by atoms with van der Waals surface area (Å²) >= 11 is 3.27. The maximum absolute atomic E-state index is 13.6. The smallest absolute Gasteiger partial charge is 0.201 e. The van der Waals surface area contributed by atoms with E-state index in [0.29, 0.717) is 10.0 Å². The molecule has 5 heteroatoms. The van der Waals surface area contributed by atoms with Crippen LogP contribution in [0.15, 0.2) is 10.5 Å². The fourth-order valence-electron chi connectivity index (χ4n) is 2.05. The molecule has 1 aliphatic heterocycles. The molecule has 0 aromatic heterocycles. The number of hydrogen-bond donors (Lipinski definition) is 1. The van der Waals surface area contributed by atoms with E-state index in [1.165, 1.54) is 0 Å². The van der Waals surface area contributed by atoms with Gasteiger partial charge in [-0.05, 0) is 26.0 Å². The minimum Gasteiger partial charge on any atom is -0.485 e. The van der Waals surface area contributed by atoms with Crippen molar-refractivity contribution in [2.24, 2.45) is 0 Å². The van der Waals surface area contributed by atoms with Crippen molar-refractivity contribution in [1.82, 2.24) is 5.32 Å². The summed E-state index contributed by atoms with van der Waals surface area (Å²) in [6.07, 6.45) is 0.768. The van der Waals surface area contributed by atoms with Gasteiger partial charge in [0, 0.05) is 10.0 Å². The van der Waals surface area contributed by atoms with Crippen molar-refractivity contribution in [2.45, 2.75) is 32.4 Å². The molecular weight excluding hydrogens is 292 g/mol. The van der Waals surface area contributed by atoms with Crippen molar-refractivity contribution in [3.63, 3.8) is 0 Å². The average Bonchev–Trinajstić information content (AvgIpc) is 2.61. The van der Waals surface area contributed by atoms with Crippen molar-refractivity contribution >= 4 is 15.9 Å². The van der Waals surface area contributed by atoms with Crippen LogP contribution in [0.2, 0.25) is 0 Å². The molecule has 1 heterocycles. The predicted molar refractivity (Wildman–Crippen MR) is 65.2 cm³/mol. The molecule has 0 spiro atoms. The molecule has 17 heavy (non-hydrogen) atoms. The Morgan fingerprint density at radius 3 is 2.82 bits per heavy atom. The van der Waals surface area contributed by atoms with Gasteiger partial charge in [0.1, 0.15) is 6.10 Å². The van der Waals surface area contributed by atoms with Gasteiger partial charge in [0.25, 0.3) is 0 Å². The topological polar surface area (TPSA) is 21.3 Å². The largest absolute Gasteiger partial charge is 0.485 e. The predicted octanol–water partition coefficient (Wildman–Crippen LogP) is 3.55. The molecule has 0 fully saturated rings. The Kier molecular flexibility index (Phi) is 3.68. The van der Waals surface area contributed by atoms with E-state index in [2.05, 4.69) is 28.2 Å². The molecule has 0 saturated heterocycles. The van der Waals surface area contributed by atoms with E-state index in [4.69, 9.17) is 4.74 Å². The average molecular weight is 306 g/mol. The quantitative estimate of drug-likeness (QED) is 0.862. The Labute approximate surface area is 107 Å². The molecule has 0 bridgehead atoms. The monoisotopic (exact) mass is 305 g/mol. The maximum atomic E-state index is 13.6. The summed E-state index contributed by atoms with van der Waals surface area (Å²) in [5.41, 5.74) is 0.671. The summed E-state index contributed by atoms with van der Waals surface area (Å²) in [7, 11) is 0. The lowest BCUT2D eigenvalue weighted by Gasteiger charge is -2.16. The first-order valence-electron chi connectivity index (χ1n) is 5.63. The van der Waals surface area contributed by atoms with Crippen molar-refractivity contribution in [2.75, 3.05) is 6.54 Å². The molecule has 2 nitrogen and oxygen atoms in total. The minimum absolute atomic E-state index is 0.0259. The molecule has 94 valence electrons. The van der Waals surface area contributed by atoms with Crippen molar-refractivity contribution in [1.29, 1.82) is 0 Å². The van der Waals surface area contributed by atoms with Crippen LogP contribution in [0, 0.1) is 11.6 Å². The second-order valence-electron chi connectivity index (χ2n) is 4.15. The first kappa shape index (κ1) is 12.8. The molecule has 2 unspecified atom stereocenters. The van der Waals surface area contributed by atoms with Crippen LogP contribution in [0.4, 0.5) is 8.78 Å². The second-order valence-corrected chi connectivity index (χ2v) is 5.01. The number of rotatable bonds is 3. The van der Waals surface area contributed by atoms with E-state index >= 15 is 0 Å². The Morgan fingerprint density at radius 1 is 1.47 bits per heavy atom. The molecule has 2 atom stereocenters.